The fourth-order valence-corrected chi connectivity index (χ4v) is 1.45. The van der Waals surface area contributed by atoms with E-state index in [4.69, 9.17) is 0 Å². The molecule has 1 aliphatic carbocycles. The quantitative estimate of drug-likeness (QED) is 0.526. The van der Waals surface area contributed by atoms with E-state index in [9.17, 15) is 0 Å². The molecule has 0 saturated heterocycles. The summed E-state index contributed by atoms with van der Waals surface area (Å²) in [6.45, 7) is 2.09. The average Bonchev–Trinajstić information content (AvgIpc) is 2.48. The second-order valence-corrected chi connectivity index (χ2v) is 2.95. The molecular formula is C10H13N2+. The Morgan fingerprint density at radius 3 is 2.50 bits per heavy atom. The molecule has 0 spiro atoms. The van der Waals surface area contributed by atoms with Crippen molar-refractivity contribution in [1.29, 1.82) is 0 Å². The smallest absolute Gasteiger partial charge is 0.253 e. The van der Waals surface area contributed by atoms with Crippen molar-refractivity contribution in [2.75, 3.05) is 13.1 Å². The predicted molar refractivity (Wildman–Crippen MR) is 49.7 cm³/mol. The van der Waals surface area contributed by atoms with Gasteiger partial charge < -0.3 is 0 Å². The van der Waals surface area contributed by atoms with Crippen molar-refractivity contribution < 1.29 is 4.99 Å². The molecule has 1 aliphatic heterocycles. The maximum absolute atomic E-state index is 3.33. The molecular weight excluding hydrogens is 148 g/mol. The minimum absolute atomic E-state index is 0.405. The van der Waals surface area contributed by atoms with Crippen LogP contribution in [0.2, 0.25) is 0 Å². The summed E-state index contributed by atoms with van der Waals surface area (Å²) in [7, 11) is 0. The molecule has 1 heterocycles. The highest BCUT2D eigenvalue weighted by Crippen LogP contribution is 2.04. The van der Waals surface area contributed by atoms with Crippen LogP contribution in [-0.2, 0) is 0 Å². The molecule has 0 amide bonds. The molecule has 62 valence electrons. The third-order valence-electron chi connectivity index (χ3n) is 2.06. The Bertz CT molecular complexity index is 256. The minimum atomic E-state index is 0.405. The molecule has 2 N–H and O–H groups in total. The van der Waals surface area contributed by atoms with Crippen molar-refractivity contribution >= 4 is 5.84 Å². The summed E-state index contributed by atoms with van der Waals surface area (Å²) in [5, 5.41) is 3.33. The van der Waals surface area contributed by atoms with Crippen molar-refractivity contribution in [3.8, 4) is 0 Å². The second-order valence-electron chi connectivity index (χ2n) is 2.95. The number of hydrogen-bond donors (Lipinski definition) is 2. The number of nitrogens with one attached hydrogen (secondary N) is 2. The summed E-state index contributed by atoms with van der Waals surface area (Å²) in [6.07, 6.45) is 12.6. The summed E-state index contributed by atoms with van der Waals surface area (Å²) in [4.78, 5) is 3.33. The van der Waals surface area contributed by atoms with Crippen molar-refractivity contribution in [1.82, 2.24) is 5.32 Å². The molecule has 2 nitrogen and oxygen atoms in total. The number of rotatable bonds is 1. The van der Waals surface area contributed by atoms with Gasteiger partial charge in [-0.3, -0.25) is 10.3 Å². The van der Waals surface area contributed by atoms with Gasteiger partial charge in [0.15, 0.2) is 0 Å². The lowest BCUT2D eigenvalue weighted by Gasteiger charge is -2.00. The predicted octanol–water partition coefficient (Wildman–Crippen LogP) is -0.633. The van der Waals surface area contributed by atoms with Gasteiger partial charge in [0, 0.05) is 0 Å². The molecule has 0 aromatic carbocycles. The van der Waals surface area contributed by atoms with E-state index in [0.717, 1.165) is 13.1 Å². The molecule has 2 rings (SSSR count). The normalized spacial score (nSPS) is 22.2. The highest BCUT2D eigenvalue weighted by molar-refractivity contribution is 5.83. The van der Waals surface area contributed by atoms with Gasteiger partial charge in [0.1, 0.15) is 13.1 Å². The van der Waals surface area contributed by atoms with E-state index in [1.54, 1.807) is 0 Å². The molecule has 0 radical (unpaired) electrons. The standard InChI is InChI=1S/C10H12N2/c1-2-4-6-9(5-3-1)10-11-7-8-12-10/h1-6,9H,7-8H2,(H,11,12)/p+1. The first-order valence-electron chi connectivity index (χ1n) is 4.33. The van der Waals surface area contributed by atoms with Crippen molar-refractivity contribution in [2.24, 2.45) is 5.92 Å². The molecule has 2 heteroatoms. The van der Waals surface area contributed by atoms with E-state index in [0.29, 0.717) is 5.92 Å². The minimum Gasteiger partial charge on any atom is -0.274 e. The van der Waals surface area contributed by atoms with Gasteiger partial charge in [0.05, 0.1) is 5.92 Å². The topological polar surface area (TPSA) is 26.0 Å². The summed E-state index contributed by atoms with van der Waals surface area (Å²) < 4.78 is 0. The molecule has 0 bridgehead atoms. The third-order valence-corrected chi connectivity index (χ3v) is 2.06. The lowest BCUT2D eigenvalue weighted by Crippen LogP contribution is -2.71. The molecule has 0 atom stereocenters. The van der Waals surface area contributed by atoms with Crippen LogP contribution in [0.25, 0.3) is 0 Å². The molecule has 0 saturated carbocycles. The summed E-state index contributed by atoms with van der Waals surface area (Å²) in [6, 6.07) is 0. The van der Waals surface area contributed by atoms with Gasteiger partial charge in [0.2, 0.25) is 0 Å². The van der Waals surface area contributed by atoms with Crippen LogP contribution < -0.4 is 10.3 Å². The number of amidine groups is 1. The van der Waals surface area contributed by atoms with Crippen molar-refractivity contribution in [2.45, 2.75) is 0 Å². The SMILES string of the molecule is C1=CC=CC(C2=[NH+]CCN2)C=C1. The highest BCUT2D eigenvalue weighted by Gasteiger charge is 2.19. The van der Waals surface area contributed by atoms with Gasteiger partial charge in [-0.15, -0.1) is 0 Å². The van der Waals surface area contributed by atoms with E-state index in [-0.39, 0.29) is 0 Å². The van der Waals surface area contributed by atoms with Gasteiger partial charge >= 0.3 is 0 Å². The second kappa shape index (κ2) is 3.39. The summed E-state index contributed by atoms with van der Waals surface area (Å²) in [5.74, 6) is 1.63. The van der Waals surface area contributed by atoms with Gasteiger partial charge in [-0.2, -0.15) is 0 Å². The zero-order valence-electron chi connectivity index (χ0n) is 6.96. The Morgan fingerprint density at radius 2 is 1.92 bits per heavy atom. The molecule has 0 unspecified atom stereocenters. The Morgan fingerprint density at radius 1 is 1.17 bits per heavy atom. The zero-order chi connectivity index (χ0) is 8.23. The fourth-order valence-electron chi connectivity index (χ4n) is 1.45. The average molecular weight is 161 g/mol. The molecule has 0 aromatic rings. The third kappa shape index (κ3) is 1.47. The lowest BCUT2D eigenvalue weighted by atomic mass is 10.1. The van der Waals surface area contributed by atoms with Gasteiger partial charge in [-0.1, -0.05) is 36.5 Å². The Kier molecular flexibility index (Phi) is 2.08. The van der Waals surface area contributed by atoms with Crippen LogP contribution in [0.5, 0.6) is 0 Å². The van der Waals surface area contributed by atoms with E-state index < -0.39 is 0 Å². The monoisotopic (exact) mass is 161 g/mol. The van der Waals surface area contributed by atoms with Crippen LogP contribution in [0.15, 0.2) is 36.5 Å². The zero-order valence-corrected chi connectivity index (χ0v) is 6.96. The van der Waals surface area contributed by atoms with Crippen LogP contribution >= 0.6 is 0 Å². The van der Waals surface area contributed by atoms with Gasteiger partial charge in [-0.25, -0.2) is 0 Å². The Labute approximate surface area is 72.4 Å². The van der Waals surface area contributed by atoms with Crippen molar-refractivity contribution in [3.63, 3.8) is 0 Å². The maximum Gasteiger partial charge on any atom is 0.253 e. The molecule has 12 heavy (non-hydrogen) atoms. The van der Waals surface area contributed by atoms with Gasteiger partial charge in [-0.05, 0) is 0 Å². The molecule has 0 fully saturated rings. The largest absolute Gasteiger partial charge is 0.274 e. The van der Waals surface area contributed by atoms with Crippen LogP contribution in [0.1, 0.15) is 0 Å². The first kappa shape index (κ1) is 7.35. The first-order valence-corrected chi connectivity index (χ1v) is 4.33. The van der Waals surface area contributed by atoms with Crippen LogP contribution in [0.3, 0.4) is 0 Å². The molecule has 2 aliphatic rings. The highest BCUT2D eigenvalue weighted by atomic mass is 15.1. The van der Waals surface area contributed by atoms with Crippen LogP contribution in [-0.4, -0.2) is 18.9 Å². The van der Waals surface area contributed by atoms with Crippen LogP contribution in [0.4, 0.5) is 0 Å². The summed E-state index contributed by atoms with van der Waals surface area (Å²) >= 11 is 0. The Balaban J connectivity index is 2.13. The maximum atomic E-state index is 3.33. The first-order chi connectivity index (χ1) is 5.97. The van der Waals surface area contributed by atoms with E-state index in [1.807, 2.05) is 12.2 Å². The Hall–Kier alpha value is -1.31. The van der Waals surface area contributed by atoms with E-state index in [1.165, 1.54) is 5.84 Å². The number of hydrogen-bond acceptors (Lipinski definition) is 1. The van der Waals surface area contributed by atoms with E-state index >= 15 is 0 Å². The van der Waals surface area contributed by atoms with Gasteiger partial charge in [0.25, 0.3) is 5.84 Å². The van der Waals surface area contributed by atoms with E-state index in [2.05, 4.69) is 34.6 Å². The fraction of sp³-hybridized carbons (Fsp3) is 0.300. The molecule has 0 aromatic heterocycles. The van der Waals surface area contributed by atoms with Crippen LogP contribution in [0, 0.1) is 5.92 Å². The summed E-state index contributed by atoms with van der Waals surface area (Å²) in [5.41, 5.74) is 0. The number of allylic oxidation sites excluding steroid dienone is 4. The lowest BCUT2D eigenvalue weighted by molar-refractivity contribution is -0.446. The van der Waals surface area contributed by atoms with Crippen molar-refractivity contribution in [3.05, 3.63) is 36.5 Å².